The number of hydrogen-bond acceptors (Lipinski definition) is 11. The number of piperazine rings is 1. The smallest absolute Gasteiger partial charge is 0.247 e. The van der Waals surface area contributed by atoms with Crippen molar-refractivity contribution in [3.63, 3.8) is 0 Å². The number of rotatable bonds is 10. The summed E-state index contributed by atoms with van der Waals surface area (Å²) in [7, 11) is 1.66. The van der Waals surface area contributed by atoms with Crippen LogP contribution in [0.25, 0.3) is 10.8 Å². The molecule has 4 aromatic rings. The van der Waals surface area contributed by atoms with E-state index >= 15 is 0 Å². The summed E-state index contributed by atoms with van der Waals surface area (Å²) in [5.74, 6) is 1.60. The summed E-state index contributed by atoms with van der Waals surface area (Å²) in [6, 6.07) is 21.9. The van der Waals surface area contributed by atoms with E-state index in [-0.39, 0.29) is 11.9 Å². The van der Waals surface area contributed by atoms with Gasteiger partial charge in [-0.1, -0.05) is 43.0 Å². The summed E-state index contributed by atoms with van der Waals surface area (Å²) in [6.45, 7) is 12.2. The largest absolute Gasteiger partial charge is 0.494 e. The zero-order chi connectivity index (χ0) is 34.7. The third-order valence-corrected chi connectivity index (χ3v) is 10.8. The molecule has 0 aliphatic carbocycles. The van der Waals surface area contributed by atoms with Crippen LogP contribution in [0, 0.1) is 0 Å². The molecular weight excluding hydrogens is 644 g/mol. The molecule has 3 aromatic carbocycles. The van der Waals surface area contributed by atoms with Gasteiger partial charge >= 0.3 is 0 Å². The van der Waals surface area contributed by atoms with Crippen molar-refractivity contribution in [2.24, 2.45) is 0 Å². The summed E-state index contributed by atoms with van der Waals surface area (Å²) in [6.07, 6.45) is 5.79. The van der Waals surface area contributed by atoms with Crippen LogP contribution in [-0.2, 0) is 14.4 Å². The lowest BCUT2D eigenvalue weighted by molar-refractivity contribution is -0.111. The number of anilines is 5. The van der Waals surface area contributed by atoms with Crippen molar-refractivity contribution in [3.05, 3.63) is 85.2 Å². The Morgan fingerprint density at radius 2 is 1.65 bits per heavy atom. The maximum atomic E-state index is 12.7. The molecule has 12 heteroatoms. The Morgan fingerprint density at radius 1 is 0.882 bits per heavy atom. The number of carbonyl (C=O) groups is 1. The highest BCUT2D eigenvalue weighted by Gasteiger charge is 2.33. The summed E-state index contributed by atoms with van der Waals surface area (Å²) in [5.41, 5.74) is 3.45. The van der Waals surface area contributed by atoms with Gasteiger partial charge in [0.15, 0.2) is 5.82 Å². The maximum absolute atomic E-state index is 12.7. The van der Waals surface area contributed by atoms with Crippen LogP contribution >= 0.6 is 0 Å². The summed E-state index contributed by atoms with van der Waals surface area (Å²) >= 11 is 0. The molecule has 12 nitrogen and oxygen atoms in total. The normalized spacial score (nSPS) is 20.7. The molecule has 4 aliphatic heterocycles. The molecular formula is C39H46N8O4. The monoisotopic (exact) mass is 690 g/mol. The lowest BCUT2D eigenvalue weighted by Gasteiger charge is -2.46. The van der Waals surface area contributed by atoms with Crippen molar-refractivity contribution in [2.45, 2.75) is 37.4 Å². The van der Waals surface area contributed by atoms with Gasteiger partial charge in [-0.2, -0.15) is 0 Å². The van der Waals surface area contributed by atoms with Gasteiger partial charge in [-0.05, 0) is 47.4 Å². The summed E-state index contributed by atoms with van der Waals surface area (Å²) in [5, 5.41) is 10.7. The van der Waals surface area contributed by atoms with Crippen molar-refractivity contribution in [1.29, 1.82) is 0 Å². The Kier molecular flexibility index (Phi) is 9.72. The number of hydrogen-bond donors (Lipinski definition) is 2. The highest BCUT2D eigenvalue weighted by Crippen LogP contribution is 2.41. The molecule has 4 saturated heterocycles. The molecule has 0 radical (unpaired) electrons. The summed E-state index contributed by atoms with van der Waals surface area (Å²) in [4.78, 5) is 35.5. The Balaban J connectivity index is 0.987. The van der Waals surface area contributed by atoms with Crippen LogP contribution in [0.15, 0.2) is 79.6 Å². The molecule has 1 unspecified atom stereocenters. The number of carbonyl (C=O) groups excluding carboxylic acids is 1. The number of amides is 1. The molecule has 1 aromatic heterocycles. The average molecular weight is 691 g/mol. The lowest BCUT2D eigenvalue weighted by Crippen LogP contribution is -2.59. The van der Waals surface area contributed by atoms with Crippen LogP contribution in [0.3, 0.4) is 0 Å². The molecule has 4 fully saturated rings. The van der Waals surface area contributed by atoms with Gasteiger partial charge in [0.2, 0.25) is 5.91 Å². The Hall–Kier alpha value is -4.75. The second-order valence-electron chi connectivity index (χ2n) is 13.7. The first-order valence-electron chi connectivity index (χ1n) is 18.0. The third kappa shape index (κ3) is 7.09. The van der Waals surface area contributed by atoms with E-state index in [1.165, 1.54) is 28.7 Å². The van der Waals surface area contributed by atoms with Crippen molar-refractivity contribution in [3.8, 4) is 5.75 Å². The number of benzene rings is 3. The molecule has 266 valence electrons. The molecule has 1 amide bonds. The van der Waals surface area contributed by atoms with Gasteiger partial charge in [0, 0.05) is 63.9 Å². The second kappa shape index (κ2) is 14.8. The minimum atomic E-state index is -0.271. The summed E-state index contributed by atoms with van der Waals surface area (Å²) < 4.78 is 11.3. The van der Waals surface area contributed by atoms with Crippen molar-refractivity contribution in [1.82, 2.24) is 19.8 Å². The standard InChI is InChI=1S/C39H46N8O4/c1-3-39(48)43-32-21-33(36(49-2)22-35(32)46-13-10-30(11-14-46)44-15-17-45(18-16-44)31-24-50-25-31)42-37-23-38(41-26-40-37)47-34(12-19-51-47)29-9-8-27-6-4-5-7-28(27)20-29/h3-9,20-23,26,30-31,34H,1,10-19,24-25H2,2H3,(H,43,48)(H,40,41,42). The van der Waals surface area contributed by atoms with E-state index in [1.807, 2.05) is 23.3 Å². The fourth-order valence-corrected chi connectivity index (χ4v) is 7.84. The first-order chi connectivity index (χ1) is 25.1. The highest BCUT2D eigenvalue weighted by atomic mass is 16.7. The van der Waals surface area contributed by atoms with Gasteiger partial charge in [0.1, 0.15) is 17.9 Å². The van der Waals surface area contributed by atoms with Gasteiger partial charge < -0.3 is 25.0 Å². The minimum absolute atomic E-state index is 0.0167. The Morgan fingerprint density at radius 3 is 2.37 bits per heavy atom. The minimum Gasteiger partial charge on any atom is -0.494 e. The molecule has 1 atom stereocenters. The number of ether oxygens (including phenoxy) is 2. The average Bonchev–Trinajstić information content (AvgIpc) is 3.65. The fourth-order valence-electron chi connectivity index (χ4n) is 7.84. The lowest BCUT2D eigenvalue weighted by atomic mass is 10.0. The molecule has 2 N–H and O–H groups in total. The van der Waals surface area contributed by atoms with Crippen molar-refractivity contribution < 1.29 is 19.1 Å². The first-order valence-corrected chi connectivity index (χ1v) is 18.0. The van der Waals surface area contributed by atoms with E-state index < -0.39 is 0 Å². The Labute approximate surface area is 298 Å². The molecule has 51 heavy (non-hydrogen) atoms. The SMILES string of the molecule is C=CC(=O)Nc1cc(Nc2cc(N3OCCC3c3ccc4ccccc4c3)ncn2)c(OC)cc1N1CCC(N2CCN(C3COC3)CC2)CC1. The van der Waals surface area contributed by atoms with Crippen LogP contribution in [-0.4, -0.2) is 104 Å². The second-order valence-corrected chi connectivity index (χ2v) is 13.7. The van der Waals surface area contributed by atoms with E-state index in [2.05, 4.69) is 84.3 Å². The number of piperidine rings is 1. The predicted octanol–water partition coefficient (Wildman–Crippen LogP) is 5.37. The van der Waals surface area contributed by atoms with Crippen LogP contribution < -0.4 is 25.3 Å². The molecule has 5 heterocycles. The van der Waals surface area contributed by atoms with Crippen LogP contribution in [0.2, 0.25) is 0 Å². The zero-order valence-corrected chi connectivity index (χ0v) is 29.2. The molecule has 8 rings (SSSR count). The van der Waals surface area contributed by atoms with Gasteiger partial charge in [-0.25, -0.2) is 15.0 Å². The first kappa shape index (κ1) is 33.4. The number of aromatic nitrogens is 2. The van der Waals surface area contributed by atoms with Crippen molar-refractivity contribution in [2.75, 3.05) is 86.8 Å². The van der Waals surface area contributed by atoms with E-state index in [0.29, 0.717) is 47.5 Å². The molecule has 0 saturated carbocycles. The van der Waals surface area contributed by atoms with Crippen LogP contribution in [0.4, 0.5) is 28.7 Å². The van der Waals surface area contributed by atoms with Gasteiger partial charge in [0.25, 0.3) is 0 Å². The number of methoxy groups -OCH3 is 1. The Bertz CT molecular complexity index is 1870. The fraction of sp³-hybridized carbons (Fsp3) is 0.410. The molecule has 0 spiro atoms. The highest BCUT2D eigenvalue weighted by molar-refractivity contribution is 6.02. The van der Waals surface area contributed by atoms with Gasteiger partial charge in [0.05, 0.1) is 56.1 Å². The third-order valence-electron chi connectivity index (χ3n) is 10.8. The van der Waals surface area contributed by atoms with Crippen LogP contribution in [0.1, 0.15) is 30.9 Å². The van der Waals surface area contributed by atoms with E-state index in [1.54, 1.807) is 7.11 Å². The van der Waals surface area contributed by atoms with Gasteiger partial charge in [-0.15, -0.1) is 0 Å². The number of hydroxylamine groups is 1. The predicted molar refractivity (Wildman–Crippen MR) is 200 cm³/mol. The van der Waals surface area contributed by atoms with E-state index in [0.717, 1.165) is 77.4 Å². The number of nitrogens with zero attached hydrogens (tertiary/aromatic N) is 6. The molecule has 0 bridgehead atoms. The quantitative estimate of drug-likeness (QED) is 0.210. The van der Waals surface area contributed by atoms with Crippen molar-refractivity contribution >= 4 is 45.4 Å². The van der Waals surface area contributed by atoms with Gasteiger partial charge in [-0.3, -0.25) is 19.4 Å². The van der Waals surface area contributed by atoms with Crippen LogP contribution in [0.5, 0.6) is 5.75 Å². The maximum Gasteiger partial charge on any atom is 0.247 e. The topological polar surface area (TPSA) is 108 Å². The molecule has 4 aliphatic rings. The zero-order valence-electron chi connectivity index (χ0n) is 29.2. The van der Waals surface area contributed by atoms with E-state index in [4.69, 9.17) is 14.3 Å². The van der Waals surface area contributed by atoms with E-state index in [9.17, 15) is 4.79 Å². The number of fused-ring (bicyclic) bond motifs is 1. The number of nitrogens with one attached hydrogen (secondary N) is 2.